The highest BCUT2D eigenvalue weighted by Gasteiger charge is 2.23. The van der Waals surface area contributed by atoms with Gasteiger partial charge in [0.25, 0.3) is 0 Å². The van der Waals surface area contributed by atoms with Crippen molar-refractivity contribution in [3.8, 4) is 5.69 Å². The molecule has 0 unspecified atom stereocenters. The van der Waals surface area contributed by atoms with Crippen LogP contribution in [0.15, 0.2) is 82.8 Å². The fraction of sp³-hybridized carbons (Fsp3) is 0.208. The highest BCUT2D eigenvalue weighted by atomic mass is 32.2. The Morgan fingerprint density at radius 1 is 0.909 bits per heavy atom. The van der Waals surface area contributed by atoms with Gasteiger partial charge in [0, 0.05) is 6.54 Å². The van der Waals surface area contributed by atoms with Crippen molar-refractivity contribution in [3.05, 3.63) is 95.1 Å². The van der Waals surface area contributed by atoms with Crippen LogP contribution in [0.1, 0.15) is 27.5 Å². The molecule has 4 rings (SSSR count). The van der Waals surface area contributed by atoms with E-state index < -0.39 is 10.0 Å². The third-order valence-electron chi connectivity index (χ3n) is 5.30. The monoisotopic (exact) mass is 479 g/mol. The van der Waals surface area contributed by atoms with Gasteiger partial charge < -0.3 is 0 Å². The van der Waals surface area contributed by atoms with Gasteiger partial charge in [0.2, 0.25) is 15.2 Å². The lowest BCUT2D eigenvalue weighted by Gasteiger charge is -2.18. The largest absolute Gasteiger partial charge is 0.240 e. The fourth-order valence-electron chi connectivity index (χ4n) is 3.54. The summed E-state index contributed by atoms with van der Waals surface area (Å²) in [4.78, 5) is 0.241. The molecule has 1 aromatic heterocycles. The molecule has 0 aliphatic heterocycles. The molecular formula is C24H25N5O2S2. The predicted octanol–water partition coefficient (Wildman–Crippen LogP) is 4.40. The van der Waals surface area contributed by atoms with E-state index in [2.05, 4.69) is 20.2 Å². The lowest BCUT2D eigenvalue weighted by Crippen LogP contribution is -2.28. The Kier molecular flexibility index (Phi) is 6.92. The van der Waals surface area contributed by atoms with E-state index in [0.29, 0.717) is 5.16 Å². The Bertz CT molecular complexity index is 1320. The molecule has 0 bridgehead atoms. The molecule has 170 valence electrons. The zero-order chi connectivity index (χ0) is 23.4. The number of hydrogen-bond acceptors (Lipinski definition) is 6. The fourth-order valence-corrected chi connectivity index (χ4v) is 5.72. The van der Waals surface area contributed by atoms with Crippen molar-refractivity contribution >= 4 is 21.8 Å². The van der Waals surface area contributed by atoms with Crippen LogP contribution in [-0.4, -0.2) is 35.2 Å². The van der Waals surface area contributed by atoms with Crippen LogP contribution in [0.5, 0.6) is 0 Å². The topological polar surface area (TPSA) is 89.8 Å². The molecule has 0 aliphatic carbocycles. The Balaban J connectivity index is 1.63. The lowest BCUT2D eigenvalue weighted by atomic mass is 10.1. The number of rotatable bonds is 8. The third-order valence-corrected chi connectivity index (χ3v) is 7.93. The molecule has 0 radical (unpaired) electrons. The Labute approximate surface area is 198 Å². The van der Waals surface area contributed by atoms with Crippen molar-refractivity contribution in [1.29, 1.82) is 0 Å². The first kappa shape index (κ1) is 23.2. The number of nitrogens with one attached hydrogen (secondary N) is 1. The lowest BCUT2D eigenvalue weighted by molar-refractivity contribution is 0.581. The van der Waals surface area contributed by atoms with Crippen molar-refractivity contribution < 1.29 is 8.42 Å². The number of aromatic nitrogens is 4. The number of hydrogen-bond donors (Lipinski definition) is 1. The molecule has 0 saturated heterocycles. The van der Waals surface area contributed by atoms with E-state index in [0.717, 1.165) is 27.9 Å². The Morgan fingerprint density at radius 2 is 1.58 bits per heavy atom. The molecule has 9 heteroatoms. The quantitative estimate of drug-likeness (QED) is 0.377. The average molecular weight is 480 g/mol. The van der Waals surface area contributed by atoms with E-state index in [1.165, 1.54) is 11.8 Å². The highest BCUT2D eigenvalue weighted by Crippen LogP contribution is 2.35. The molecule has 7 nitrogen and oxygen atoms in total. The highest BCUT2D eigenvalue weighted by molar-refractivity contribution is 7.99. The van der Waals surface area contributed by atoms with Gasteiger partial charge >= 0.3 is 0 Å². The second-order valence-electron chi connectivity index (χ2n) is 7.80. The van der Waals surface area contributed by atoms with E-state index in [4.69, 9.17) is 0 Å². The predicted molar refractivity (Wildman–Crippen MR) is 130 cm³/mol. The van der Waals surface area contributed by atoms with Crippen molar-refractivity contribution in [2.24, 2.45) is 0 Å². The standard InChI is InChI=1S/C24H25N5O2S2/c1-17-12-14-21(15-13-17)33(30,31)25-16-22(20-10-5-4-6-11-20)32-24-26-27-28-29(24)23-18(2)8-7-9-19(23)3/h4-15,22,25H,16H2,1-3H3/t22-/m0/s1. The minimum absolute atomic E-state index is 0.185. The summed E-state index contributed by atoms with van der Waals surface area (Å²) in [5.41, 5.74) is 5.02. The van der Waals surface area contributed by atoms with Crippen LogP contribution in [0.2, 0.25) is 0 Å². The van der Waals surface area contributed by atoms with Gasteiger partial charge in [0.05, 0.1) is 15.8 Å². The molecule has 0 saturated carbocycles. The number of sulfonamides is 1. The summed E-state index contributed by atoms with van der Waals surface area (Å²) in [5.74, 6) is 0. The second kappa shape index (κ2) is 9.86. The van der Waals surface area contributed by atoms with Crippen LogP contribution in [0.3, 0.4) is 0 Å². The first-order valence-electron chi connectivity index (χ1n) is 10.5. The molecule has 0 spiro atoms. The van der Waals surface area contributed by atoms with Crippen LogP contribution in [-0.2, 0) is 10.0 Å². The first-order chi connectivity index (χ1) is 15.8. The van der Waals surface area contributed by atoms with E-state index in [1.54, 1.807) is 28.9 Å². The van der Waals surface area contributed by atoms with Crippen LogP contribution < -0.4 is 4.72 Å². The van der Waals surface area contributed by atoms with Crippen molar-refractivity contribution in [2.75, 3.05) is 6.54 Å². The second-order valence-corrected chi connectivity index (χ2v) is 10.7. The SMILES string of the molecule is Cc1ccc(S(=O)(=O)NC[C@H](Sc2nnnn2-c2c(C)cccc2C)c2ccccc2)cc1. The summed E-state index contributed by atoms with van der Waals surface area (Å²) >= 11 is 1.43. The molecule has 4 aromatic rings. The van der Waals surface area contributed by atoms with Crippen molar-refractivity contribution in [3.63, 3.8) is 0 Å². The molecule has 0 fully saturated rings. The number of para-hydroxylation sites is 1. The Hall–Kier alpha value is -3.01. The summed E-state index contributed by atoms with van der Waals surface area (Å²) in [5, 5.41) is 12.7. The third kappa shape index (κ3) is 5.32. The molecule has 3 aromatic carbocycles. The first-order valence-corrected chi connectivity index (χ1v) is 12.8. The summed E-state index contributed by atoms with van der Waals surface area (Å²) in [7, 11) is -3.66. The number of thioether (sulfide) groups is 1. The molecule has 0 amide bonds. The van der Waals surface area contributed by atoms with Gasteiger partial charge in [-0.15, -0.1) is 5.10 Å². The number of aryl methyl sites for hydroxylation is 3. The van der Waals surface area contributed by atoms with Crippen molar-refractivity contribution in [1.82, 2.24) is 24.9 Å². The van der Waals surface area contributed by atoms with E-state index in [1.807, 2.05) is 69.3 Å². The average Bonchev–Trinajstić information content (AvgIpc) is 3.25. The molecule has 33 heavy (non-hydrogen) atoms. The van der Waals surface area contributed by atoms with Gasteiger partial charge in [-0.2, -0.15) is 4.68 Å². The maximum absolute atomic E-state index is 12.9. The van der Waals surface area contributed by atoms with Crippen LogP contribution in [0, 0.1) is 20.8 Å². The number of tetrazole rings is 1. The number of benzene rings is 3. The van der Waals surface area contributed by atoms with Crippen LogP contribution in [0.25, 0.3) is 5.69 Å². The molecule has 1 heterocycles. The summed E-state index contributed by atoms with van der Waals surface area (Å²) in [6.07, 6.45) is 0. The summed E-state index contributed by atoms with van der Waals surface area (Å²) in [6, 6.07) is 22.6. The molecule has 0 aliphatic rings. The normalized spacial score (nSPS) is 12.6. The van der Waals surface area contributed by atoms with Gasteiger partial charge in [0.15, 0.2) is 0 Å². The number of nitrogens with zero attached hydrogens (tertiary/aromatic N) is 4. The van der Waals surface area contributed by atoms with E-state index in [9.17, 15) is 8.42 Å². The van der Waals surface area contributed by atoms with E-state index in [-0.39, 0.29) is 16.7 Å². The summed E-state index contributed by atoms with van der Waals surface area (Å²) < 4.78 is 30.3. The van der Waals surface area contributed by atoms with Gasteiger partial charge in [-0.1, -0.05) is 78.0 Å². The minimum Gasteiger partial charge on any atom is -0.210 e. The van der Waals surface area contributed by atoms with Gasteiger partial charge in [-0.05, 0) is 60.0 Å². The van der Waals surface area contributed by atoms with Gasteiger partial charge in [-0.3, -0.25) is 0 Å². The maximum atomic E-state index is 12.9. The smallest absolute Gasteiger partial charge is 0.210 e. The Morgan fingerprint density at radius 3 is 2.24 bits per heavy atom. The van der Waals surface area contributed by atoms with E-state index >= 15 is 0 Å². The van der Waals surface area contributed by atoms with Gasteiger partial charge in [0.1, 0.15) is 0 Å². The van der Waals surface area contributed by atoms with Crippen LogP contribution >= 0.6 is 11.8 Å². The molecular weight excluding hydrogens is 454 g/mol. The zero-order valence-electron chi connectivity index (χ0n) is 18.6. The minimum atomic E-state index is -3.66. The van der Waals surface area contributed by atoms with Gasteiger partial charge in [-0.25, -0.2) is 13.1 Å². The zero-order valence-corrected chi connectivity index (χ0v) is 20.3. The van der Waals surface area contributed by atoms with Crippen molar-refractivity contribution in [2.45, 2.75) is 36.1 Å². The molecule has 1 N–H and O–H groups in total. The summed E-state index contributed by atoms with van der Waals surface area (Å²) in [6.45, 7) is 6.14. The van der Waals surface area contributed by atoms with Crippen LogP contribution in [0.4, 0.5) is 0 Å². The molecule has 1 atom stereocenters. The maximum Gasteiger partial charge on any atom is 0.240 e.